The molecule has 0 saturated carbocycles. The quantitative estimate of drug-likeness (QED) is 0.647. The molecule has 0 aliphatic carbocycles. The lowest BCUT2D eigenvalue weighted by Crippen LogP contribution is -2.29. The van der Waals surface area contributed by atoms with Gasteiger partial charge in [0.05, 0.1) is 15.5 Å². The standard InChI is InChI=1S/C12H15ClN2O3S/c1-8(7-19-2)6-14-12(16)10-4-3-9(15(17)18)5-11(10)13/h3-5,8H,6-7H2,1-2H3,(H,14,16). The summed E-state index contributed by atoms with van der Waals surface area (Å²) in [6, 6.07) is 3.82. The van der Waals surface area contributed by atoms with Crippen LogP contribution >= 0.6 is 23.4 Å². The minimum absolute atomic E-state index is 0.0872. The number of hydrogen-bond acceptors (Lipinski definition) is 4. The molecule has 19 heavy (non-hydrogen) atoms. The summed E-state index contributed by atoms with van der Waals surface area (Å²) >= 11 is 7.59. The van der Waals surface area contributed by atoms with Gasteiger partial charge in [0.2, 0.25) is 0 Å². The molecule has 1 amide bonds. The van der Waals surface area contributed by atoms with Crippen LogP contribution in [0, 0.1) is 16.0 Å². The first-order chi connectivity index (χ1) is 8.95. The molecule has 1 N–H and O–H groups in total. The molecule has 0 radical (unpaired) electrons. The highest BCUT2D eigenvalue weighted by Crippen LogP contribution is 2.22. The van der Waals surface area contributed by atoms with Gasteiger partial charge in [-0.1, -0.05) is 18.5 Å². The third-order valence-electron chi connectivity index (χ3n) is 2.47. The topological polar surface area (TPSA) is 72.2 Å². The Kier molecular flexibility index (Phi) is 6.11. The smallest absolute Gasteiger partial charge is 0.270 e. The van der Waals surface area contributed by atoms with Crippen LogP contribution in [-0.4, -0.2) is 29.4 Å². The maximum Gasteiger partial charge on any atom is 0.270 e. The van der Waals surface area contributed by atoms with E-state index < -0.39 is 4.92 Å². The number of nitro groups is 1. The van der Waals surface area contributed by atoms with Gasteiger partial charge < -0.3 is 5.32 Å². The van der Waals surface area contributed by atoms with Gasteiger partial charge in [0.1, 0.15) is 0 Å². The van der Waals surface area contributed by atoms with Crippen molar-refractivity contribution >= 4 is 35.0 Å². The lowest BCUT2D eigenvalue weighted by molar-refractivity contribution is -0.384. The lowest BCUT2D eigenvalue weighted by Gasteiger charge is -2.11. The summed E-state index contributed by atoms with van der Waals surface area (Å²) in [5.41, 5.74) is 0.126. The Morgan fingerprint density at radius 3 is 2.79 bits per heavy atom. The Bertz CT molecular complexity index is 482. The van der Waals surface area contributed by atoms with Crippen molar-refractivity contribution in [2.75, 3.05) is 18.6 Å². The van der Waals surface area contributed by atoms with Crippen molar-refractivity contribution in [3.8, 4) is 0 Å². The number of halogens is 1. The van der Waals surface area contributed by atoms with E-state index in [9.17, 15) is 14.9 Å². The summed E-state index contributed by atoms with van der Waals surface area (Å²) in [5, 5.41) is 13.4. The second kappa shape index (κ2) is 7.35. The zero-order valence-corrected chi connectivity index (χ0v) is 12.3. The molecule has 1 rings (SSSR count). The molecular weight excluding hydrogens is 288 g/mol. The second-order valence-corrected chi connectivity index (χ2v) is 5.51. The summed E-state index contributed by atoms with van der Waals surface area (Å²) in [6.07, 6.45) is 2.01. The molecule has 0 bridgehead atoms. The molecule has 5 nitrogen and oxygen atoms in total. The molecule has 1 unspecified atom stereocenters. The van der Waals surface area contributed by atoms with Crippen LogP contribution in [0.4, 0.5) is 5.69 Å². The van der Waals surface area contributed by atoms with E-state index >= 15 is 0 Å². The zero-order valence-electron chi connectivity index (χ0n) is 10.7. The van der Waals surface area contributed by atoms with Gasteiger partial charge in [0.15, 0.2) is 0 Å². The SMILES string of the molecule is CSCC(C)CNC(=O)c1ccc([N+](=O)[O-])cc1Cl. The van der Waals surface area contributed by atoms with Crippen molar-refractivity contribution in [3.05, 3.63) is 38.9 Å². The van der Waals surface area contributed by atoms with Gasteiger partial charge in [-0.2, -0.15) is 11.8 Å². The van der Waals surface area contributed by atoms with Gasteiger partial charge in [-0.05, 0) is 24.0 Å². The van der Waals surface area contributed by atoms with Crippen molar-refractivity contribution in [1.82, 2.24) is 5.32 Å². The summed E-state index contributed by atoms with van der Waals surface area (Å²) in [6.45, 7) is 2.58. The van der Waals surface area contributed by atoms with Crippen LogP contribution in [0.3, 0.4) is 0 Å². The van der Waals surface area contributed by atoms with E-state index in [4.69, 9.17) is 11.6 Å². The normalized spacial score (nSPS) is 11.9. The number of thioether (sulfide) groups is 1. The number of non-ortho nitro benzene ring substituents is 1. The second-order valence-electron chi connectivity index (χ2n) is 4.19. The summed E-state index contributed by atoms with van der Waals surface area (Å²) in [4.78, 5) is 21.9. The zero-order chi connectivity index (χ0) is 14.4. The highest BCUT2D eigenvalue weighted by atomic mass is 35.5. The largest absolute Gasteiger partial charge is 0.352 e. The number of rotatable bonds is 6. The fourth-order valence-electron chi connectivity index (χ4n) is 1.51. The fourth-order valence-corrected chi connectivity index (χ4v) is 2.45. The van der Waals surface area contributed by atoms with Crippen molar-refractivity contribution in [2.24, 2.45) is 5.92 Å². The van der Waals surface area contributed by atoms with Crippen molar-refractivity contribution < 1.29 is 9.72 Å². The number of carbonyl (C=O) groups is 1. The molecular formula is C12H15ClN2O3S. The molecule has 7 heteroatoms. The van der Waals surface area contributed by atoms with Crippen LogP contribution in [0.1, 0.15) is 17.3 Å². The molecule has 0 saturated heterocycles. The fraction of sp³-hybridized carbons (Fsp3) is 0.417. The summed E-state index contributed by atoms with van der Waals surface area (Å²) in [7, 11) is 0. The van der Waals surface area contributed by atoms with Gasteiger partial charge in [0.25, 0.3) is 11.6 Å². The number of amides is 1. The number of nitrogens with zero attached hydrogens (tertiary/aromatic N) is 1. The number of hydrogen-bond donors (Lipinski definition) is 1. The third-order valence-corrected chi connectivity index (χ3v) is 3.69. The average molecular weight is 303 g/mol. The molecule has 1 aromatic carbocycles. The van der Waals surface area contributed by atoms with E-state index in [1.54, 1.807) is 11.8 Å². The summed E-state index contributed by atoms with van der Waals surface area (Å²) in [5.74, 6) is 0.998. The first kappa shape index (κ1) is 15.8. The van der Waals surface area contributed by atoms with Crippen molar-refractivity contribution in [2.45, 2.75) is 6.92 Å². The predicted octanol–water partition coefficient (Wildman–Crippen LogP) is 2.98. The van der Waals surface area contributed by atoms with Crippen LogP contribution in [0.2, 0.25) is 5.02 Å². The molecule has 0 aromatic heterocycles. The Morgan fingerprint density at radius 2 is 2.26 bits per heavy atom. The monoisotopic (exact) mass is 302 g/mol. The number of nitrogens with one attached hydrogen (secondary N) is 1. The number of carbonyl (C=O) groups excluding carboxylic acids is 1. The van der Waals surface area contributed by atoms with E-state index in [2.05, 4.69) is 5.32 Å². The van der Waals surface area contributed by atoms with Crippen LogP contribution in [-0.2, 0) is 0 Å². The maximum absolute atomic E-state index is 11.9. The van der Waals surface area contributed by atoms with E-state index in [1.165, 1.54) is 18.2 Å². The Hall–Kier alpha value is -1.27. The van der Waals surface area contributed by atoms with Crippen molar-refractivity contribution in [3.63, 3.8) is 0 Å². The average Bonchev–Trinajstić information content (AvgIpc) is 2.36. The van der Waals surface area contributed by atoms with Crippen LogP contribution in [0.15, 0.2) is 18.2 Å². The minimum atomic E-state index is -0.548. The number of nitro benzene ring substituents is 1. The van der Waals surface area contributed by atoms with Gasteiger partial charge in [-0.3, -0.25) is 14.9 Å². The molecule has 0 heterocycles. The molecule has 1 atom stereocenters. The van der Waals surface area contributed by atoms with E-state index in [0.29, 0.717) is 12.5 Å². The third kappa shape index (κ3) is 4.72. The Morgan fingerprint density at radius 1 is 1.58 bits per heavy atom. The van der Waals surface area contributed by atoms with E-state index in [0.717, 1.165) is 5.75 Å². The highest BCUT2D eigenvalue weighted by Gasteiger charge is 2.15. The van der Waals surface area contributed by atoms with Gasteiger partial charge in [0, 0.05) is 18.7 Å². The molecule has 0 aliphatic rings. The molecule has 0 fully saturated rings. The van der Waals surface area contributed by atoms with Gasteiger partial charge in [-0.25, -0.2) is 0 Å². The van der Waals surface area contributed by atoms with Gasteiger partial charge >= 0.3 is 0 Å². The maximum atomic E-state index is 11.9. The number of benzene rings is 1. The Labute approximate surface area is 120 Å². The molecule has 0 aliphatic heterocycles. The first-order valence-electron chi connectivity index (χ1n) is 5.66. The minimum Gasteiger partial charge on any atom is -0.352 e. The van der Waals surface area contributed by atoms with Crippen LogP contribution in [0.25, 0.3) is 0 Å². The lowest BCUT2D eigenvalue weighted by atomic mass is 10.1. The van der Waals surface area contributed by atoms with Crippen molar-refractivity contribution in [1.29, 1.82) is 0 Å². The molecule has 0 spiro atoms. The molecule has 104 valence electrons. The van der Waals surface area contributed by atoms with E-state index in [1.807, 2.05) is 13.2 Å². The highest BCUT2D eigenvalue weighted by molar-refractivity contribution is 7.98. The Balaban J connectivity index is 2.70. The van der Waals surface area contributed by atoms with Gasteiger partial charge in [-0.15, -0.1) is 0 Å². The van der Waals surface area contributed by atoms with Crippen LogP contribution in [0.5, 0.6) is 0 Å². The predicted molar refractivity (Wildman–Crippen MR) is 78.0 cm³/mol. The first-order valence-corrected chi connectivity index (χ1v) is 7.44. The summed E-state index contributed by atoms with van der Waals surface area (Å²) < 4.78 is 0. The molecule has 1 aromatic rings. The van der Waals surface area contributed by atoms with Crippen LogP contribution < -0.4 is 5.32 Å². The van der Waals surface area contributed by atoms with E-state index in [-0.39, 0.29) is 22.2 Å².